The molecule has 3 aromatic rings. The first-order valence-corrected chi connectivity index (χ1v) is 11.8. The van der Waals surface area contributed by atoms with Crippen molar-refractivity contribution < 1.29 is 13.2 Å². The van der Waals surface area contributed by atoms with Crippen molar-refractivity contribution in [2.45, 2.75) is 31.7 Å². The standard InChI is InChI=1S/C24H23ClN2O3S/c1-16-7-8-17(2)23(13-16)26-24(28)21-14-20(9-10-22(21)25)31(29,30)27-12-11-18-5-3-4-6-19(18)15-27/h3-10,13-14H,11-12,15H2,1-2H3,(H,26,28). The van der Waals surface area contributed by atoms with Crippen LogP contribution < -0.4 is 5.32 Å². The molecule has 0 radical (unpaired) electrons. The van der Waals surface area contributed by atoms with Gasteiger partial charge >= 0.3 is 0 Å². The molecule has 5 nitrogen and oxygen atoms in total. The van der Waals surface area contributed by atoms with Gasteiger partial charge in [0.15, 0.2) is 0 Å². The second-order valence-corrected chi connectivity index (χ2v) is 10.1. The van der Waals surface area contributed by atoms with Gasteiger partial charge in [0.25, 0.3) is 5.91 Å². The number of benzene rings is 3. The molecule has 0 saturated heterocycles. The van der Waals surface area contributed by atoms with Crippen molar-refractivity contribution in [3.63, 3.8) is 0 Å². The van der Waals surface area contributed by atoms with Crippen LogP contribution in [0.3, 0.4) is 0 Å². The fourth-order valence-electron chi connectivity index (χ4n) is 3.72. The summed E-state index contributed by atoms with van der Waals surface area (Å²) in [5, 5.41) is 3.05. The number of aryl methyl sites for hydroxylation is 2. The smallest absolute Gasteiger partial charge is 0.257 e. The van der Waals surface area contributed by atoms with Crippen molar-refractivity contribution in [2.24, 2.45) is 0 Å². The fraction of sp³-hybridized carbons (Fsp3) is 0.208. The maximum Gasteiger partial charge on any atom is 0.257 e. The lowest BCUT2D eigenvalue weighted by Crippen LogP contribution is -2.36. The Bertz CT molecular complexity index is 1270. The van der Waals surface area contributed by atoms with Crippen LogP contribution in [0.5, 0.6) is 0 Å². The lowest BCUT2D eigenvalue weighted by Gasteiger charge is -2.28. The second kappa shape index (κ2) is 8.46. The van der Waals surface area contributed by atoms with Crippen LogP contribution in [0.2, 0.25) is 5.02 Å². The summed E-state index contributed by atoms with van der Waals surface area (Å²) in [6.07, 6.45) is 0.656. The molecule has 3 aromatic carbocycles. The summed E-state index contributed by atoms with van der Waals surface area (Å²) >= 11 is 6.26. The molecule has 1 N–H and O–H groups in total. The molecule has 0 aliphatic carbocycles. The predicted octanol–water partition coefficient (Wildman–Crippen LogP) is 4.96. The summed E-state index contributed by atoms with van der Waals surface area (Å²) in [6.45, 7) is 4.54. The van der Waals surface area contributed by atoms with Gasteiger partial charge in [0.1, 0.15) is 0 Å². The van der Waals surface area contributed by atoms with E-state index in [4.69, 9.17) is 11.6 Å². The van der Waals surface area contributed by atoms with Gasteiger partial charge in [-0.2, -0.15) is 4.31 Å². The van der Waals surface area contributed by atoms with E-state index in [1.807, 2.05) is 56.3 Å². The van der Waals surface area contributed by atoms with E-state index < -0.39 is 15.9 Å². The quantitative estimate of drug-likeness (QED) is 0.606. The van der Waals surface area contributed by atoms with Gasteiger partial charge in [-0.1, -0.05) is 48.0 Å². The topological polar surface area (TPSA) is 66.5 Å². The van der Waals surface area contributed by atoms with Gasteiger partial charge in [0, 0.05) is 18.8 Å². The molecule has 0 bridgehead atoms. The molecule has 160 valence electrons. The Hall–Kier alpha value is -2.67. The number of anilines is 1. The van der Waals surface area contributed by atoms with Crippen LogP contribution in [0.25, 0.3) is 0 Å². The van der Waals surface area contributed by atoms with E-state index >= 15 is 0 Å². The molecule has 7 heteroatoms. The highest BCUT2D eigenvalue weighted by molar-refractivity contribution is 7.89. The van der Waals surface area contributed by atoms with Gasteiger partial charge in [0.2, 0.25) is 10.0 Å². The monoisotopic (exact) mass is 454 g/mol. The minimum atomic E-state index is -3.77. The molecule has 0 aromatic heterocycles. The Balaban J connectivity index is 1.63. The summed E-state index contributed by atoms with van der Waals surface area (Å²) in [5.74, 6) is -0.445. The number of halogens is 1. The van der Waals surface area contributed by atoms with Gasteiger partial charge in [-0.15, -0.1) is 0 Å². The molecule has 0 atom stereocenters. The minimum Gasteiger partial charge on any atom is -0.322 e. The third-order valence-corrected chi connectivity index (χ3v) is 7.73. The predicted molar refractivity (Wildman–Crippen MR) is 123 cm³/mol. The highest BCUT2D eigenvalue weighted by Gasteiger charge is 2.29. The van der Waals surface area contributed by atoms with E-state index in [0.717, 1.165) is 16.7 Å². The number of sulfonamides is 1. The highest BCUT2D eigenvalue weighted by atomic mass is 35.5. The van der Waals surface area contributed by atoms with Gasteiger partial charge in [-0.05, 0) is 66.8 Å². The van der Waals surface area contributed by atoms with Crippen LogP contribution in [0, 0.1) is 13.8 Å². The van der Waals surface area contributed by atoms with E-state index in [9.17, 15) is 13.2 Å². The van der Waals surface area contributed by atoms with Gasteiger partial charge in [-0.25, -0.2) is 8.42 Å². The zero-order valence-electron chi connectivity index (χ0n) is 17.4. The lowest BCUT2D eigenvalue weighted by molar-refractivity contribution is 0.102. The Kier molecular flexibility index (Phi) is 5.88. The zero-order valence-corrected chi connectivity index (χ0v) is 18.9. The summed E-state index contributed by atoms with van der Waals surface area (Å²) < 4.78 is 28.0. The van der Waals surface area contributed by atoms with E-state index in [1.54, 1.807) is 0 Å². The third-order valence-electron chi connectivity index (χ3n) is 5.56. The second-order valence-electron chi connectivity index (χ2n) is 7.77. The highest BCUT2D eigenvalue weighted by Crippen LogP contribution is 2.28. The van der Waals surface area contributed by atoms with Gasteiger partial charge < -0.3 is 5.32 Å². The lowest BCUT2D eigenvalue weighted by atomic mass is 10.0. The van der Waals surface area contributed by atoms with Crippen molar-refractivity contribution >= 4 is 33.2 Å². The number of nitrogens with zero attached hydrogens (tertiary/aromatic N) is 1. The average Bonchev–Trinajstić information content (AvgIpc) is 2.76. The SMILES string of the molecule is Cc1ccc(C)c(NC(=O)c2cc(S(=O)(=O)N3CCc4ccccc4C3)ccc2Cl)c1. The molecule has 0 unspecified atom stereocenters. The molecule has 31 heavy (non-hydrogen) atoms. The van der Waals surface area contributed by atoms with Crippen molar-refractivity contribution in [3.05, 3.63) is 93.5 Å². The molecule has 0 spiro atoms. The molecular weight excluding hydrogens is 432 g/mol. The van der Waals surface area contributed by atoms with Crippen LogP contribution in [0.1, 0.15) is 32.6 Å². The average molecular weight is 455 g/mol. The molecule has 1 amide bonds. The first-order chi connectivity index (χ1) is 14.8. The van der Waals surface area contributed by atoms with Crippen molar-refractivity contribution in [2.75, 3.05) is 11.9 Å². The molecule has 0 fully saturated rings. The van der Waals surface area contributed by atoms with Crippen LogP contribution in [-0.4, -0.2) is 25.2 Å². The summed E-state index contributed by atoms with van der Waals surface area (Å²) in [4.78, 5) is 13.0. The Morgan fingerprint density at radius 1 is 1.00 bits per heavy atom. The molecule has 1 heterocycles. The molecular formula is C24H23ClN2O3S. The normalized spacial score (nSPS) is 14.2. The largest absolute Gasteiger partial charge is 0.322 e. The van der Waals surface area contributed by atoms with Gasteiger partial charge in [0.05, 0.1) is 15.5 Å². The maximum absolute atomic E-state index is 13.3. The number of carbonyl (C=O) groups is 1. The maximum atomic E-state index is 13.3. The molecule has 4 rings (SSSR count). The van der Waals surface area contributed by atoms with E-state index in [2.05, 4.69) is 5.32 Å². The number of fused-ring (bicyclic) bond motifs is 1. The molecule has 1 aliphatic rings. The molecule has 0 saturated carbocycles. The van der Waals surface area contributed by atoms with E-state index in [-0.39, 0.29) is 15.5 Å². The first kappa shape index (κ1) is 21.6. The zero-order chi connectivity index (χ0) is 22.2. The third kappa shape index (κ3) is 4.37. The van der Waals surface area contributed by atoms with Crippen LogP contribution >= 0.6 is 11.6 Å². The Morgan fingerprint density at radius 2 is 1.74 bits per heavy atom. The van der Waals surface area contributed by atoms with Crippen LogP contribution in [0.4, 0.5) is 5.69 Å². The first-order valence-electron chi connectivity index (χ1n) is 10.0. The summed E-state index contributed by atoms with van der Waals surface area (Å²) in [5.41, 5.74) is 4.88. The number of nitrogens with one attached hydrogen (secondary N) is 1. The van der Waals surface area contributed by atoms with Crippen molar-refractivity contribution in [1.29, 1.82) is 0 Å². The van der Waals surface area contributed by atoms with Crippen LogP contribution in [-0.2, 0) is 23.0 Å². The van der Waals surface area contributed by atoms with Crippen molar-refractivity contribution in [1.82, 2.24) is 4.31 Å². The summed E-state index contributed by atoms with van der Waals surface area (Å²) in [7, 11) is -3.77. The Labute approximate surface area is 187 Å². The number of rotatable bonds is 4. The minimum absolute atomic E-state index is 0.0578. The fourth-order valence-corrected chi connectivity index (χ4v) is 5.37. The van der Waals surface area contributed by atoms with Gasteiger partial charge in [-0.3, -0.25) is 4.79 Å². The van der Waals surface area contributed by atoms with E-state index in [1.165, 1.54) is 28.1 Å². The number of carbonyl (C=O) groups excluding carboxylic acids is 1. The number of hydrogen-bond acceptors (Lipinski definition) is 3. The molecule has 1 aliphatic heterocycles. The van der Waals surface area contributed by atoms with E-state index in [0.29, 0.717) is 25.2 Å². The number of hydrogen-bond donors (Lipinski definition) is 1. The number of amides is 1. The summed E-state index contributed by atoms with van der Waals surface area (Å²) in [6, 6.07) is 17.9. The van der Waals surface area contributed by atoms with Crippen molar-refractivity contribution in [3.8, 4) is 0 Å². The van der Waals surface area contributed by atoms with Crippen LogP contribution in [0.15, 0.2) is 65.6 Å². The Morgan fingerprint density at radius 3 is 2.52 bits per heavy atom.